The van der Waals surface area contributed by atoms with E-state index in [4.69, 9.17) is 4.74 Å². The predicted octanol–water partition coefficient (Wildman–Crippen LogP) is 0.531. The van der Waals surface area contributed by atoms with Gasteiger partial charge in [0.05, 0.1) is 23.7 Å². The molecule has 7 rings (SSSR count). The highest BCUT2D eigenvalue weighted by molar-refractivity contribution is 5.77. The van der Waals surface area contributed by atoms with Gasteiger partial charge >= 0.3 is 5.97 Å². The average molecular weight is 377 g/mol. The first-order valence-corrected chi connectivity index (χ1v) is 10.8. The van der Waals surface area contributed by atoms with Crippen molar-refractivity contribution in [1.82, 2.24) is 4.90 Å². The first-order chi connectivity index (χ1) is 12.8. The third-order valence-corrected chi connectivity index (χ3v) is 9.86. The largest absolute Gasteiger partial charge is 0.462 e. The van der Waals surface area contributed by atoms with Gasteiger partial charge in [-0.15, -0.1) is 0 Å². The van der Waals surface area contributed by atoms with Crippen molar-refractivity contribution in [1.29, 1.82) is 0 Å². The molecule has 3 aliphatic heterocycles. The molecule has 7 fully saturated rings. The molecular weight excluding hydrogens is 346 g/mol. The van der Waals surface area contributed by atoms with Crippen LogP contribution >= 0.6 is 0 Å². The molecule has 0 aromatic rings. The maximum atomic E-state index is 13.0. The monoisotopic (exact) mass is 377 g/mol. The molecule has 6 nitrogen and oxygen atoms in total. The van der Waals surface area contributed by atoms with Crippen molar-refractivity contribution < 1.29 is 24.9 Å². The SMILES string of the molecule is CCN1C[C@]2(C)CC[C@H](O)[C@]34C1[C@H]([C@@H](O)[C@H]23)[C@@]1(O)CC[C@@H]2C[C@@H]4[C@@H]1C(=O)O2. The molecule has 0 aromatic heterocycles. The highest BCUT2D eigenvalue weighted by atomic mass is 16.5. The molecule has 0 amide bonds. The van der Waals surface area contributed by atoms with E-state index in [1.54, 1.807) is 0 Å². The summed E-state index contributed by atoms with van der Waals surface area (Å²) in [5.74, 6) is -1.45. The van der Waals surface area contributed by atoms with Gasteiger partial charge in [0.15, 0.2) is 0 Å². The van der Waals surface area contributed by atoms with E-state index in [2.05, 4.69) is 18.7 Å². The molecule has 3 heterocycles. The summed E-state index contributed by atoms with van der Waals surface area (Å²) in [5.41, 5.74) is -1.83. The molecular formula is C21H31NO5. The van der Waals surface area contributed by atoms with Crippen molar-refractivity contribution in [3.05, 3.63) is 0 Å². The Hall–Kier alpha value is -0.690. The summed E-state index contributed by atoms with van der Waals surface area (Å²) in [6.07, 6.45) is 2.13. The fourth-order valence-corrected chi connectivity index (χ4v) is 9.35. The minimum absolute atomic E-state index is 0.0539. The van der Waals surface area contributed by atoms with Gasteiger partial charge in [-0.1, -0.05) is 13.8 Å². The summed E-state index contributed by atoms with van der Waals surface area (Å²) in [5, 5.41) is 35.1. The number of aliphatic hydroxyl groups excluding tert-OH is 2. The molecule has 1 spiro atoms. The maximum absolute atomic E-state index is 13.0. The van der Waals surface area contributed by atoms with Crippen LogP contribution in [0.2, 0.25) is 0 Å². The lowest BCUT2D eigenvalue weighted by Crippen LogP contribution is -2.76. The van der Waals surface area contributed by atoms with Gasteiger partial charge in [-0.05, 0) is 50.0 Å². The Kier molecular flexibility index (Phi) is 3.11. The van der Waals surface area contributed by atoms with Crippen LogP contribution in [0.4, 0.5) is 0 Å². The zero-order chi connectivity index (χ0) is 18.9. The van der Waals surface area contributed by atoms with E-state index in [9.17, 15) is 20.1 Å². The standard InChI is InChI=1S/C21H31NO5/c1-3-22-9-19(2)6-5-12(23)21-11-8-10-4-7-20(26,13(11)18(25)27-10)14(17(21)22)15(24)16(19)21/h10-17,23-24,26H,3-9H2,1-2H3/t10-,11-,12+,13-,14+,15-,16-,17?,19+,20-,21+/m1/s1. The number of esters is 1. The number of nitrogens with zero attached hydrogens (tertiary/aromatic N) is 1. The van der Waals surface area contributed by atoms with Gasteiger partial charge in [0, 0.05) is 29.8 Å². The smallest absolute Gasteiger partial charge is 0.312 e. The van der Waals surface area contributed by atoms with E-state index in [-0.39, 0.29) is 41.3 Å². The molecule has 4 saturated carbocycles. The number of ether oxygens (including phenoxy) is 1. The van der Waals surface area contributed by atoms with Crippen LogP contribution < -0.4 is 0 Å². The summed E-state index contributed by atoms with van der Waals surface area (Å²) in [4.78, 5) is 15.4. The van der Waals surface area contributed by atoms with Crippen molar-refractivity contribution in [3.8, 4) is 0 Å². The molecule has 150 valence electrons. The quantitative estimate of drug-likeness (QED) is 0.578. The minimum atomic E-state index is -1.22. The summed E-state index contributed by atoms with van der Waals surface area (Å²) >= 11 is 0. The summed E-state index contributed by atoms with van der Waals surface area (Å²) in [6.45, 7) is 6.14. The summed E-state index contributed by atoms with van der Waals surface area (Å²) < 4.78 is 5.67. The maximum Gasteiger partial charge on any atom is 0.312 e. The van der Waals surface area contributed by atoms with Crippen LogP contribution in [0.1, 0.15) is 46.0 Å². The van der Waals surface area contributed by atoms with Gasteiger partial charge < -0.3 is 20.1 Å². The van der Waals surface area contributed by atoms with Gasteiger partial charge in [-0.3, -0.25) is 9.69 Å². The first-order valence-electron chi connectivity index (χ1n) is 10.8. The van der Waals surface area contributed by atoms with Gasteiger partial charge in [0.1, 0.15) is 6.10 Å². The molecule has 7 aliphatic rings. The Bertz CT molecular complexity index is 715. The predicted molar refractivity (Wildman–Crippen MR) is 95.5 cm³/mol. The second-order valence-corrected chi connectivity index (χ2v) is 10.6. The molecule has 3 N–H and O–H groups in total. The Balaban J connectivity index is 1.66. The first kappa shape index (κ1) is 17.2. The number of hydrogen-bond donors (Lipinski definition) is 3. The van der Waals surface area contributed by atoms with Crippen molar-refractivity contribution >= 4 is 5.97 Å². The molecule has 3 saturated heterocycles. The van der Waals surface area contributed by atoms with Crippen LogP contribution in [-0.4, -0.2) is 69.2 Å². The van der Waals surface area contributed by atoms with E-state index in [0.717, 1.165) is 32.4 Å². The lowest BCUT2D eigenvalue weighted by Gasteiger charge is -2.68. The number of rotatable bonds is 1. The molecule has 11 atom stereocenters. The third kappa shape index (κ3) is 1.61. The highest BCUT2D eigenvalue weighted by Crippen LogP contribution is 2.76. The second-order valence-electron chi connectivity index (χ2n) is 10.6. The number of carbonyl (C=O) groups excluding carboxylic acids is 1. The normalized spacial score (nSPS) is 63.7. The fourth-order valence-electron chi connectivity index (χ4n) is 9.35. The third-order valence-electron chi connectivity index (χ3n) is 9.86. The van der Waals surface area contributed by atoms with E-state index in [0.29, 0.717) is 12.8 Å². The van der Waals surface area contributed by atoms with Crippen molar-refractivity contribution in [3.63, 3.8) is 0 Å². The number of piperidine rings is 1. The van der Waals surface area contributed by atoms with Gasteiger partial charge in [0.25, 0.3) is 0 Å². The Morgan fingerprint density at radius 1 is 1.26 bits per heavy atom. The lowest BCUT2D eigenvalue weighted by atomic mass is 9.42. The molecule has 1 unspecified atom stereocenters. The Morgan fingerprint density at radius 2 is 2.04 bits per heavy atom. The summed E-state index contributed by atoms with van der Waals surface area (Å²) in [7, 11) is 0. The topological polar surface area (TPSA) is 90.2 Å². The van der Waals surface area contributed by atoms with Crippen LogP contribution in [0.5, 0.6) is 0 Å². The van der Waals surface area contributed by atoms with E-state index in [1.165, 1.54) is 0 Å². The molecule has 6 heteroatoms. The van der Waals surface area contributed by atoms with E-state index < -0.39 is 29.1 Å². The van der Waals surface area contributed by atoms with Gasteiger partial charge in [-0.25, -0.2) is 0 Å². The van der Waals surface area contributed by atoms with Crippen LogP contribution in [0.15, 0.2) is 0 Å². The summed E-state index contributed by atoms with van der Waals surface area (Å²) in [6, 6.07) is -0.0539. The number of likely N-dealkylation sites (tertiary alicyclic amines) is 1. The number of hydrogen-bond acceptors (Lipinski definition) is 6. The average Bonchev–Trinajstić information content (AvgIpc) is 2.68. The number of fused-ring (bicyclic) bond motifs is 2. The van der Waals surface area contributed by atoms with Crippen LogP contribution in [-0.2, 0) is 9.53 Å². The molecule has 9 bridgehead atoms. The Morgan fingerprint density at radius 3 is 2.78 bits per heavy atom. The van der Waals surface area contributed by atoms with Crippen molar-refractivity contribution in [2.24, 2.45) is 34.5 Å². The molecule has 4 aliphatic carbocycles. The van der Waals surface area contributed by atoms with E-state index in [1.807, 2.05) is 0 Å². The van der Waals surface area contributed by atoms with Crippen LogP contribution in [0.25, 0.3) is 0 Å². The fraction of sp³-hybridized carbons (Fsp3) is 0.952. The molecule has 0 aromatic carbocycles. The Labute approximate surface area is 159 Å². The second kappa shape index (κ2) is 4.89. The van der Waals surface area contributed by atoms with Gasteiger partial charge in [0.2, 0.25) is 0 Å². The highest BCUT2D eigenvalue weighted by Gasteiger charge is 2.84. The zero-order valence-corrected chi connectivity index (χ0v) is 16.2. The van der Waals surface area contributed by atoms with E-state index >= 15 is 0 Å². The zero-order valence-electron chi connectivity index (χ0n) is 16.2. The number of aliphatic hydroxyl groups is 3. The van der Waals surface area contributed by atoms with Crippen molar-refractivity contribution in [2.45, 2.75) is 75.9 Å². The molecule has 27 heavy (non-hydrogen) atoms. The minimum Gasteiger partial charge on any atom is -0.462 e. The van der Waals surface area contributed by atoms with Gasteiger partial charge in [-0.2, -0.15) is 0 Å². The molecule has 0 radical (unpaired) electrons. The van der Waals surface area contributed by atoms with Crippen LogP contribution in [0, 0.1) is 34.5 Å². The lowest BCUT2D eigenvalue weighted by molar-refractivity contribution is -0.265. The number of carbonyl (C=O) groups is 1. The van der Waals surface area contributed by atoms with Crippen molar-refractivity contribution in [2.75, 3.05) is 13.1 Å². The van der Waals surface area contributed by atoms with Crippen LogP contribution in [0.3, 0.4) is 0 Å².